The lowest BCUT2D eigenvalue weighted by atomic mass is 10.2. The summed E-state index contributed by atoms with van der Waals surface area (Å²) >= 11 is 3.58. The van der Waals surface area contributed by atoms with Gasteiger partial charge in [0.2, 0.25) is 0 Å². The summed E-state index contributed by atoms with van der Waals surface area (Å²) in [6.45, 7) is 8.53. The standard InChI is InChI=1S/C16H22N2S2/c1-12(2)8-17-9-14-5-4-6-16(7-14)20-11-15-10-19-13(3)18-15/h4-7,10,12,17H,8-9,11H2,1-3H3. The molecule has 1 N–H and O–H groups in total. The number of nitrogens with zero attached hydrogens (tertiary/aromatic N) is 1. The number of thiazole rings is 1. The highest BCUT2D eigenvalue weighted by molar-refractivity contribution is 7.98. The van der Waals surface area contributed by atoms with Gasteiger partial charge in [-0.15, -0.1) is 23.1 Å². The van der Waals surface area contributed by atoms with Crippen LogP contribution in [0.3, 0.4) is 0 Å². The van der Waals surface area contributed by atoms with Crippen LogP contribution in [-0.4, -0.2) is 11.5 Å². The van der Waals surface area contributed by atoms with Gasteiger partial charge in [-0.3, -0.25) is 0 Å². The van der Waals surface area contributed by atoms with Crippen LogP contribution in [0.5, 0.6) is 0 Å². The second-order valence-electron chi connectivity index (χ2n) is 5.32. The van der Waals surface area contributed by atoms with E-state index in [1.54, 1.807) is 11.3 Å². The largest absolute Gasteiger partial charge is 0.312 e. The zero-order valence-electron chi connectivity index (χ0n) is 12.3. The molecule has 2 rings (SSSR count). The molecule has 0 radical (unpaired) electrons. The van der Waals surface area contributed by atoms with E-state index in [2.05, 4.69) is 60.7 Å². The van der Waals surface area contributed by atoms with Gasteiger partial charge in [0, 0.05) is 22.6 Å². The first-order valence-electron chi connectivity index (χ1n) is 6.97. The van der Waals surface area contributed by atoms with Crippen LogP contribution in [0.15, 0.2) is 34.5 Å². The zero-order chi connectivity index (χ0) is 14.4. The molecule has 2 nitrogen and oxygen atoms in total. The van der Waals surface area contributed by atoms with Gasteiger partial charge < -0.3 is 5.32 Å². The molecule has 20 heavy (non-hydrogen) atoms. The third kappa shape index (κ3) is 5.27. The summed E-state index contributed by atoms with van der Waals surface area (Å²) in [5, 5.41) is 6.78. The van der Waals surface area contributed by atoms with E-state index < -0.39 is 0 Å². The highest BCUT2D eigenvalue weighted by Gasteiger charge is 2.02. The van der Waals surface area contributed by atoms with Gasteiger partial charge in [-0.1, -0.05) is 26.0 Å². The molecule has 0 aliphatic heterocycles. The predicted octanol–water partition coefficient (Wildman–Crippen LogP) is 4.49. The van der Waals surface area contributed by atoms with Crippen molar-refractivity contribution < 1.29 is 0 Å². The molecule has 1 aromatic carbocycles. The number of thioether (sulfide) groups is 1. The topological polar surface area (TPSA) is 24.9 Å². The Bertz CT molecular complexity index is 535. The van der Waals surface area contributed by atoms with E-state index in [0.717, 1.165) is 23.8 Å². The predicted molar refractivity (Wildman–Crippen MR) is 89.4 cm³/mol. The van der Waals surface area contributed by atoms with E-state index in [-0.39, 0.29) is 0 Å². The van der Waals surface area contributed by atoms with Crippen molar-refractivity contribution in [3.05, 3.63) is 45.9 Å². The molecule has 0 fully saturated rings. The first-order valence-corrected chi connectivity index (χ1v) is 8.83. The second-order valence-corrected chi connectivity index (χ2v) is 7.43. The van der Waals surface area contributed by atoms with E-state index >= 15 is 0 Å². The second kappa shape index (κ2) is 7.81. The fourth-order valence-electron chi connectivity index (χ4n) is 1.88. The molecule has 0 bridgehead atoms. The number of aromatic nitrogens is 1. The Hall–Kier alpha value is -0.840. The van der Waals surface area contributed by atoms with Gasteiger partial charge in [-0.2, -0.15) is 0 Å². The molecular formula is C16H22N2S2. The minimum atomic E-state index is 0.695. The van der Waals surface area contributed by atoms with Crippen molar-refractivity contribution in [1.29, 1.82) is 0 Å². The molecule has 0 aliphatic carbocycles. The van der Waals surface area contributed by atoms with Crippen LogP contribution in [-0.2, 0) is 12.3 Å². The van der Waals surface area contributed by atoms with Crippen LogP contribution in [0.25, 0.3) is 0 Å². The molecule has 0 saturated heterocycles. The van der Waals surface area contributed by atoms with Crippen molar-refractivity contribution in [3.63, 3.8) is 0 Å². The fourth-order valence-corrected chi connectivity index (χ4v) is 3.47. The number of hydrogen-bond acceptors (Lipinski definition) is 4. The van der Waals surface area contributed by atoms with Crippen molar-refractivity contribution in [2.75, 3.05) is 6.54 Å². The number of benzene rings is 1. The van der Waals surface area contributed by atoms with Crippen LogP contribution >= 0.6 is 23.1 Å². The highest BCUT2D eigenvalue weighted by Crippen LogP contribution is 2.24. The van der Waals surface area contributed by atoms with Crippen molar-refractivity contribution in [2.24, 2.45) is 5.92 Å². The summed E-state index contributed by atoms with van der Waals surface area (Å²) in [4.78, 5) is 5.82. The molecule has 0 atom stereocenters. The van der Waals surface area contributed by atoms with Gasteiger partial charge in [0.1, 0.15) is 0 Å². The van der Waals surface area contributed by atoms with Gasteiger partial charge in [0.05, 0.1) is 10.7 Å². The Balaban J connectivity index is 1.85. The van der Waals surface area contributed by atoms with Gasteiger partial charge in [-0.05, 0) is 37.1 Å². The summed E-state index contributed by atoms with van der Waals surface area (Å²) < 4.78 is 0. The Morgan fingerprint density at radius 1 is 1.35 bits per heavy atom. The molecule has 2 aromatic rings. The summed E-state index contributed by atoms with van der Waals surface area (Å²) in [5.74, 6) is 1.65. The Kier molecular flexibility index (Phi) is 6.07. The maximum atomic E-state index is 4.50. The van der Waals surface area contributed by atoms with E-state index in [0.29, 0.717) is 5.92 Å². The van der Waals surface area contributed by atoms with Crippen molar-refractivity contribution in [1.82, 2.24) is 10.3 Å². The maximum Gasteiger partial charge on any atom is 0.0897 e. The molecule has 108 valence electrons. The number of hydrogen-bond donors (Lipinski definition) is 1. The summed E-state index contributed by atoms with van der Waals surface area (Å²) in [6, 6.07) is 8.78. The molecule has 0 aliphatic rings. The monoisotopic (exact) mass is 306 g/mol. The molecule has 1 aromatic heterocycles. The molecule has 4 heteroatoms. The lowest BCUT2D eigenvalue weighted by Gasteiger charge is -2.08. The average Bonchev–Trinajstić information content (AvgIpc) is 2.82. The normalized spacial score (nSPS) is 11.2. The Labute approximate surface area is 130 Å². The summed E-state index contributed by atoms with van der Waals surface area (Å²) in [6.07, 6.45) is 0. The van der Waals surface area contributed by atoms with Crippen molar-refractivity contribution >= 4 is 23.1 Å². The van der Waals surface area contributed by atoms with Crippen molar-refractivity contribution in [2.45, 2.75) is 38.0 Å². The van der Waals surface area contributed by atoms with Gasteiger partial charge >= 0.3 is 0 Å². The van der Waals surface area contributed by atoms with Crippen LogP contribution < -0.4 is 5.32 Å². The zero-order valence-corrected chi connectivity index (χ0v) is 14.0. The SMILES string of the molecule is Cc1nc(CSc2cccc(CNCC(C)C)c2)cs1. The lowest BCUT2D eigenvalue weighted by molar-refractivity contribution is 0.552. The minimum Gasteiger partial charge on any atom is -0.312 e. The smallest absolute Gasteiger partial charge is 0.0897 e. The number of rotatable bonds is 7. The van der Waals surface area contributed by atoms with Crippen LogP contribution in [0.4, 0.5) is 0 Å². The van der Waals surface area contributed by atoms with E-state index in [4.69, 9.17) is 0 Å². The summed E-state index contributed by atoms with van der Waals surface area (Å²) in [7, 11) is 0. The van der Waals surface area contributed by atoms with E-state index in [1.807, 2.05) is 11.8 Å². The quantitative estimate of drug-likeness (QED) is 0.763. The molecule has 0 spiro atoms. The van der Waals surface area contributed by atoms with E-state index in [9.17, 15) is 0 Å². The first kappa shape index (κ1) is 15.5. The first-order chi connectivity index (χ1) is 9.63. The Morgan fingerprint density at radius 3 is 2.90 bits per heavy atom. The average molecular weight is 306 g/mol. The van der Waals surface area contributed by atoms with Crippen LogP contribution in [0.1, 0.15) is 30.1 Å². The molecule has 0 amide bonds. The Morgan fingerprint density at radius 2 is 2.20 bits per heavy atom. The van der Waals surface area contributed by atoms with E-state index in [1.165, 1.54) is 16.2 Å². The minimum absolute atomic E-state index is 0.695. The lowest BCUT2D eigenvalue weighted by Crippen LogP contribution is -2.18. The maximum absolute atomic E-state index is 4.50. The molecular weight excluding hydrogens is 284 g/mol. The van der Waals surface area contributed by atoms with Gasteiger partial charge in [0.25, 0.3) is 0 Å². The highest BCUT2D eigenvalue weighted by atomic mass is 32.2. The molecule has 0 unspecified atom stereocenters. The fraction of sp³-hybridized carbons (Fsp3) is 0.438. The molecule has 1 heterocycles. The van der Waals surface area contributed by atoms with Crippen LogP contribution in [0.2, 0.25) is 0 Å². The van der Waals surface area contributed by atoms with Crippen molar-refractivity contribution in [3.8, 4) is 0 Å². The third-order valence-electron chi connectivity index (χ3n) is 2.83. The molecule has 0 saturated carbocycles. The number of aryl methyl sites for hydroxylation is 1. The van der Waals surface area contributed by atoms with Gasteiger partial charge in [0.15, 0.2) is 0 Å². The van der Waals surface area contributed by atoms with Gasteiger partial charge in [-0.25, -0.2) is 4.98 Å². The third-order valence-corrected chi connectivity index (χ3v) is 4.68. The summed E-state index contributed by atoms with van der Waals surface area (Å²) in [5.41, 5.74) is 2.53. The number of nitrogens with one attached hydrogen (secondary N) is 1. The van der Waals surface area contributed by atoms with Crippen LogP contribution in [0, 0.1) is 12.8 Å².